The quantitative estimate of drug-likeness (QED) is 0.892. The Labute approximate surface area is 153 Å². The summed E-state index contributed by atoms with van der Waals surface area (Å²) in [5, 5.41) is 3.00. The molecule has 1 amide bonds. The molecule has 0 atom stereocenters. The van der Waals surface area contributed by atoms with Gasteiger partial charge in [-0.2, -0.15) is 0 Å². The highest BCUT2D eigenvalue weighted by Gasteiger charge is 2.15. The lowest BCUT2D eigenvalue weighted by Gasteiger charge is -2.29. The van der Waals surface area contributed by atoms with E-state index < -0.39 is 0 Å². The van der Waals surface area contributed by atoms with Crippen molar-refractivity contribution < 1.29 is 19.0 Å². The third kappa shape index (κ3) is 4.08. The second-order valence-corrected chi connectivity index (χ2v) is 6.15. The maximum absolute atomic E-state index is 12.7. The van der Waals surface area contributed by atoms with E-state index in [4.69, 9.17) is 14.2 Å². The van der Waals surface area contributed by atoms with Gasteiger partial charge in [0.05, 0.1) is 27.4 Å². The number of benzene rings is 2. The lowest BCUT2D eigenvalue weighted by atomic mass is 10.1. The van der Waals surface area contributed by atoms with Gasteiger partial charge in [-0.3, -0.25) is 4.79 Å². The third-order valence-electron chi connectivity index (χ3n) is 4.46. The van der Waals surface area contributed by atoms with Crippen LogP contribution in [0.4, 0.5) is 11.4 Å². The molecule has 0 aliphatic carbocycles. The molecular formula is C20H24N2O4. The van der Waals surface area contributed by atoms with Gasteiger partial charge < -0.3 is 24.4 Å². The second-order valence-electron chi connectivity index (χ2n) is 6.15. The molecule has 1 aliphatic rings. The van der Waals surface area contributed by atoms with Crippen LogP contribution in [-0.4, -0.2) is 46.4 Å². The van der Waals surface area contributed by atoms with Crippen molar-refractivity contribution in [2.45, 2.75) is 6.92 Å². The van der Waals surface area contributed by atoms with E-state index in [2.05, 4.69) is 16.3 Å². The lowest BCUT2D eigenvalue weighted by molar-refractivity contribution is 0.102. The molecule has 0 radical (unpaired) electrons. The molecular weight excluding hydrogens is 332 g/mol. The number of ether oxygens (including phenoxy) is 3. The summed E-state index contributed by atoms with van der Waals surface area (Å²) in [6.07, 6.45) is 0. The van der Waals surface area contributed by atoms with Crippen molar-refractivity contribution in [3.05, 3.63) is 47.5 Å². The number of amides is 1. The SMILES string of the molecule is COc1cc(OC)cc(C(=O)Nc2cc(N3CCOCC3)ccc2C)c1. The lowest BCUT2D eigenvalue weighted by Crippen LogP contribution is -2.36. The molecule has 0 bridgehead atoms. The maximum Gasteiger partial charge on any atom is 0.255 e. The summed E-state index contributed by atoms with van der Waals surface area (Å²) in [6.45, 7) is 5.12. The van der Waals surface area contributed by atoms with Crippen LogP contribution in [-0.2, 0) is 4.74 Å². The van der Waals surface area contributed by atoms with E-state index in [1.807, 2.05) is 19.1 Å². The van der Waals surface area contributed by atoms with Crippen molar-refractivity contribution in [2.24, 2.45) is 0 Å². The van der Waals surface area contributed by atoms with Gasteiger partial charge in [-0.1, -0.05) is 6.07 Å². The molecule has 0 spiro atoms. The fourth-order valence-electron chi connectivity index (χ4n) is 2.90. The number of aryl methyl sites for hydroxylation is 1. The van der Waals surface area contributed by atoms with Crippen molar-refractivity contribution in [1.29, 1.82) is 0 Å². The Kier molecular flexibility index (Phi) is 5.63. The number of rotatable bonds is 5. The van der Waals surface area contributed by atoms with Crippen LogP contribution in [0.25, 0.3) is 0 Å². The molecule has 0 aromatic heterocycles. The van der Waals surface area contributed by atoms with E-state index >= 15 is 0 Å². The van der Waals surface area contributed by atoms with Gasteiger partial charge in [-0.15, -0.1) is 0 Å². The zero-order valence-electron chi connectivity index (χ0n) is 15.4. The minimum Gasteiger partial charge on any atom is -0.497 e. The van der Waals surface area contributed by atoms with E-state index in [0.29, 0.717) is 17.1 Å². The maximum atomic E-state index is 12.7. The smallest absolute Gasteiger partial charge is 0.255 e. The van der Waals surface area contributed by atoms with Crippen LogP contribution in [0.3, 0.4) is 0 Å². The molecule has 1 N–H and O–H groups in total. The van der Waals surface area contributed by atoms with Gasteiger partial charge in [0.15, 0.2) is 0 Å². The predicted molar refractivity (Wildman–Crippen MR) is 102 cm³/mol. The summed E-state index contributed by atoms with van der Waals surface area (Å²) in [4.78, 5) is 15.0. The van der Waals surface area contributed by atoms with Crippen molar-refractivity contribution in [3.63, 3.8) is 0 Å². The van der Waals surface area contributed by atoms with E-state index in [1.165, 1.54) is 0 Å². The number of methoxy groups -OCH3 is 2. The Balaban J connectivity index is 1.82. The molecule has 0 unspecified atom stereocenters. The average molecular weight is 356 g/mol. The van der Waals surface area contributed by atoms with Crippen LogP contribution in [0.5, 0.6) is 11.5 Å². The van der Waals surface area contributed by atoms with Gasteiger partial charge in [0.1, 0.15) is 11.5 Å². The number of carbonyl (C=O) groups is 1. The van der Waals surface area contributed by atoms with Crippen molar-refractivity contribution >= 4 is 17.3 Å². The summed E-state index contributed by atoms with van der Waals surface area (Å²) < 4.78 is 15.9. The second kappa shape index (κ2) is 8.10. The fraction of sp³-hybridized carbons (Fsp3) is 0.350. The number of morpholine rings is 1. The molecule has 2 aromatic carbocycles. The number of nitrogens with zero attached hydrogens (tertiary/aromatic N) is 1. The molecule has 138 valence electrons. The molecule has 0 saturated carbocycles. The first-order valence-electron chi connectivity index (χ1n) is 8.58. The molecule has 26 heavy (non-hydrogen) atoms. The van der Waals surface area contributed by atoms with Crippen LogP contribution in [0.2, 0.25) is 0 Å². The Morgan fingerprint density at radius 1 is 1.04 bits per heavy atom. The number of hydrogen-bond donors (Lipinski definition) is 1. The average Bonchev–Trinajstić information content (AvgIpc) is 2.69. The number of carbonyl (C=O) groups excluding carboxylic acids is 1. The van der Waals surface area contributed by atoms with Gasteiger partial charge in [0.25, 0.3) is 5.91 Å². The molecule has 6 nitrogen and oxygen atoms in total. The Hall–Kier alpha value is -2.73. The highest BCUT2D eigenvalue weighted by Crippen LogP contribution is 2.26. The highest BCUT2D eigenvalue weighted by molar-refractivity contribution is 6.05. The molecule has 2 aromatic rings. The topological polar surface area (TPSA) is 60.0 Å². The summed E-state index contributed by atoms with van der Waals surface area (Å²) in [5.74, 6) is 0.950. The standard InChI is InChI=1S/C20H24N2O4/c1-14-4-5-16(22-6-8-26-9-7-22)12-19(14)21-20(23)15-10-17(24-2)13-18(11-15)25-3/h4-5,10-13H,6-9H2,1-3H3,(H,21,23). The van der Waals surface area contributed by atoms with Gasteiger partial charge >= 0.3 is 0 Å². The van der Waals surface area contributed by atoms with Crippen LogP contribution in [0, 0.1) is 6.92 Å². The minimum absolute atomic E-state index is 0.204. The molecule has 1 heterocycles. The Morgan fingerprint density at radius 3 is 2.31 bits per heavy atom. The van der Waals surface area contributed by atoms with Gasteiger partial charge in [0.2, 0.25) is 0 Å². The van der Waals surface area contributed by atoms with Gasteiger partial charge in [-0.25, -0.2) is 0 Å². The number of anilines is 2. The highest BCUT2D eigenvalue weighted by atomic mass is 16.5. The van der Waals surface area contributed by atoms with E-state index in [9.17, 15) is 4.79 Å². The van der Waals surface area contributed by atoms with Crippen molar-refractivity contribution in [3.8, 4) is 11.5 Å². The number of hydrogen-bond acceptors (Lipinski definition) is 5. The monoisotopic (exact) mass is 356 g/mol. The summed E-state index contributed by atoms with van der Waals surface area (Å²) in [5.41, 5.74) is 3.36. The molecule has 1 fully saturated rings. The summed E-state index contributed by atoms with van der Waals surface area (Å²) >= 11 is 0. The van der Waals surface area contributed by atoms with E-state index in [0.717, 1.165) is 43.2 Å². The first kappa shape index (κ1) is 18.1. The minimum atomic E-state index is -0.204. The first-order chi connectivity index (χ1) is 12.6. The van der Waals surface area contributed by atoms with Crippen LogP contribution >= 0.6 is 0 Å². The molecule has 1 aliphatic heterocycles. The summed E-state index contributed by atoms with van der Waals surface area (Å²) in [7, 11) is 3.12. The van der Waals surface area contributed by atoms with Crippen LogP contribution in [0.15, 0.2) is 36.4 Å². The normalized spacial score (nSPS) is 14.0. The van der Waals surface area contributed by atoms with Crippen molar-refractivity contribution in [2.75, 3.05) is 50.7 Å². The van der Waals surface area contributed by atoms with Gasteiger partial charge in [0, 0.05) is 36.1 Å². The summed E-state index contributed by atoms with van der Waals surface area (Å²) in [6, 6.07) is 11.2. The van der Waals surface area contributed by atoms with Crippen molar-refractivity contribution in [1.82, 2.24) is 0 Å². The number of nitrogens with one attached hydrogen (secondary N) is 1. The Bertz CT molecular complexity index is 763. The predicted octanol–water partition coefficient (Wildman–Crippen LogP) is 3.10. The molecule has 3 rings (SSSR count). The zero-order chi connectivity index (χ0) is 18.5. The zero-order valence-corrected chi connectivity index (χ0v) is 15.4. The van der Waals surface area contributed by atoms with Crippen LogP contribution in [0.1, 0.15) is 15.9 Å². The Morgan fingerprint density at radius 2 is 1.69 bits per heavy atom. The first-order valence-corrected chi connectivity index (χ1v) is 8.58. The molecule has 1 saturated heterocycles. The third-order valence-corrected chi connectivity index (χ3v) is 4.46. The van der Waals surface area contributed by atoms with E-state index in [1.54, 1.807) is 32.4 Å². The fourth-order valence-corrected chi connectivity index (χ4v) is 2.90. The van der Waals surface area contributed by atoms with Gasteiger partial charge in [-0.05, 0) is 36.8 Å². The van der Waals surface area contributed by atoms with Crippen LogP contribution < -0.4 is 19.7 Å². The largest absolute Gasteiger partial charge is 0.497 e. The molecule has 6 heteroatoms. The van der Waals surface area contributed by atoms with E-state index in [-0.39, 0.29) is 5.91 Å².